The topological polar surface area (TPSA) is 53.8 Å². The predicted octanol–water partition coefficient (Wildman–Crippen LogP) is 1.94. The lowest BCUT2D eigenvalue weighted by molar-refractivity contribution is 0.101. The molecule has 0 bridgehead atoms. The van der Waals surface area contributed by atoms with Crippen LogP contribution in [-0.2, 0) is 0 Å². The van der Waals surface area contributed by atoms with E-state index in [9.17, 15) is 4.79 Å². The minimum absolute atomic E-state index is 0.0293. The second-order valence-electron chi connectivity index (χ2n) is 2.03. The molecule has 1 aromatic heterocycles. The van der Waals surface area contributed by atoms with Crippen LogP contribution in [0, 0.1) is 11.3 Å². The fourth-order valence-corrected chi connectivity index (χ4v) is 2.31. The molecule has 0 aliphatic heterocycles. The summed E-state index contributed by atoms with van der Waals surface area (Å²) >= 11 is 2.54. The number of hydrogen-bond acceptors (Lipinski definition) is 5. The first-order chi connectivity index (χ1) is 5.69. The summed E-state index contributed by atoms with van der Waals surface area (Å²) in [5.74, 6) is -0.0293. The van der Waals surface area contributed by atoms with E-state index >= 15 is 0 Å². The second-order valence-corrected chi connectivity index (χ2v) is 3.82. The number of rotatable bonds is 2. The smallest absolute Gasteiger partial charge is 0.196 e. The number of Topliss-reactive ketones (excluding diaryl/α,β-unsaturated/α-hetero) is 1. The molecule has 0 amide bonds. The van der Waals surface area contributed by atoms with Crippen molar-refractivity contribution < 1.29 is 4.79 Å². The van der Waals surface area contributed by atoms with E-state index in [2.05, 4.69) is 4.98 Å². The lowest BCUT2D eigenvalue weighted by Gasteiger charge is -1.89. The van der Waals surface area contributed by atoms with Gasteiger partial charge in [0.25, 0.3) is 0 Å². The van der Waals surface area contributed by atoms with Gasteiger partial charge in [-0.3, -0.25) is 4.79 Å². The lowest BCUT2D eigenvalue weighted by Crippen LogP contribution is -1.88. The maximum atomic E-state index is 11.0. The van der Waals surface area contributed by atoms with E-state index in [1.54, 1.807) is 0 Å². The van der Waals surface area contributed by atoms with Crippen molar-refractivity contribution in [2.75, 3.05) is 6.26 Å². The zero-order valence-electron chi connectivity index (χ0n) is 6.62. The Bertz CT molecular complexity index is 351. The molecule has 0 unspecified atom stereocenters. The van der Waals surface area contributed by atoms with E-state index in [0.717, 1.165) is 11.3 Å². The molecule has 1 rings (SSSR count). The quantitative estimate of drug-likeness (QED) is 0.538. The standard InChI is InChI=1S/C7H6N2OS2/c1-4(10)6-7(11-2)9-5(3-8)12-6/h1-2H3. The van der Waals surface area contributed by atoms with Crippen molar-refractivity contribution in [2.45, 2.75) is 11.9 Å². The maximum Gasteiger partial charge on any atom is 0.196 e. The Morgan fingerprint density at radius 2 is 2.42 bits per heavy atom. The summed E-state index contributed by atoms with van der Waals surface area (Å²) in [6.45, 7) is 1.48. The van der Waals surface area contributed by atoms with E-state index in [1.807, 2.05) is 12.3 Å². The van der Waals surface area contributed by atoms with Gasteiger partial charge in [-0.2, -0.15) is 5.26 Å². The van der Waals surface area contributed by atoms with Gasteiger partial charge in [0.2, 0.25) is 0 Å². The van der Waals surface area contributed by atoms with Crippen LogP contribution < -0.4 is 0 Å². The third-order valence-corrected chi connectivity index (χ3v) is 3.08. The third kappa shape index (κ3) is 1.65. The first kappa shape index (κ1) is 9.23. The van der Waals surface area contributed by atoms with E-state index in [1.165, 1.54) is 18.7 Å². The Kier molecular flexibility index (Phi) is 2.84. The Morgan fingerprint density at radius 3 is 2.75 bits per heavy atom. The van der Waals surface area contributed by atoms with Crippen molar-refractivity contribution in [2.24, 2.45) is 0 Å². The van der Waals surface area contributed by atoms with Gasteiger partial charge in [0.15, 0.2) is 10.8 Å². The highest BCUT2D eigenvalue weighted by Gasteiger charge is 2.13. The Hall–Kier alpha value is -0.860. The van der Waals surface area contributed by atoms with Gasteiger partial charge < -0.3 is 0 Å². The minimum Gasteiger partial charge on any atom is -0.293 e. The SMILES string of the molecule is CSc1nc(C#N)sc1C(C)=O. The van der Waals surface area contributed by atoms with Gasteiger partial charge in [0.05, 0.1) is 0 Å². The molecule has 0 saturated carbocycles. The Morgan fingerprint density at radius 1 is 1.75 bits per heavy atom. The molecule has 0 N–H and O–H groups in total. The van der Waals surface area contributed by atoms with Gasteiger partial charge >= 0.3 is 0 Å². The fourth-order valence-electron chi connectivity index (χ4n) is 0.715. The third-order valence-electron chi connectivity index (χ3n) is 1.20. The van der Waals surface area contributed by atoms with Crippen molar-refractivity contribution in [1.29, 1.82) is 5.26 Å². The molecule has 1 aromatic rings. The second kappa shape index (κ2) is 3.70. The summed E-state index contributed by atoms with van der Waals surface area (Å²) in [5, 5.41) is 9.54. The molecule has 12 heavy (non-hydrogen) atoms. The molecular weight excluding hydrogens is 192 g/mol. The average molecular weight is 198 g/mol. The van der Waals surface area contributed by atoms with Crippen LogP contribution in [0.25, 0.3) is 0 Å². The molecule has 0 spiro atoms. The van der Waals surface area contributed by atoms with Crippen LogP contribution in [0.4, 0.5) is 0 Å². The molecule has 0 saturated heterocycles. The van der Waals surface area contributed by atoms with Crippen LogP contribution in [0.2, 0.25) is 0 Å². The van der Waals surface area contributed by atoms with Gasteiger partial charge in [0, 0.05) is 6.92 Å². The van der Waals surface area contributed by atoms with E-state index in [4.69, 9.17) is 5.26 Å². The molecule has 0 aliphatic carbocycles. The number of carbonyl (C=O) groups is 1. The van der Waals surface area contributed by atoms with Crippen molar-refractivity contribution in [3.05, 3.63) is 9.88 Å². The summed E-state index contributed by atoms with van der Waals surface area (Å²) in [5.41, 5.74) is 0. The largest absolute Gasteiger partial charge is 0.293 e. The first-order valence-electron chi connectivity index (χ1n) is 3.15. The highest BCUT2D eigenvalue weighted by molar-refractivity contribution is 7.98. The number of nitrogens with zero attached hydrogens (tertiary/aromatic N) is 2. The van der Waals surface area contributed by atoms with Crippen LogP contribution >= 0.6 is 23.1 Å². The molecule has 0 aliphatic rings. The normalized spacial score (nSPS) is 9.42. The van der Waals surface area contributed by atoms with Crippen LogP contribution in [0.5, 0.6) is 0 Å². The summed E-state index contributed by atoms with van der Waals surface area (Å²) in [6, 6.07) is 1.92. The lowest BCUT2D eigenvalue weighted by atomic mass is 10.4. The van der Waals surface area contributed by atoms with Crippen LogP contribution in [-0.4, -0.2) is 17.0 Å². The number of ketones is 1. The van der Waals surface area contributed by atoms with Crippen molar-refractivity contribution in [3.63, 3.8) is 0 Å². The molecule has 3 nitrogen and oxygen atoms in total. The maximum absolute atomic E-state index is 11.0. The number of carbonyl (C=O) groups excluding carboxylic acids is 1. The highest BCUT2D eigenvalue weighted by Crippen LogP contribution is 2.25. The van der Waals surface area contributed by atoms with Crippen molar-refractivity contribution >= 4 is 28.9 Å². The minimum atomic E-state index is -0.0293. The zero-order chi connectivity index (χ0) is 9.14. The Labute approximate surface area is 78.4 Å². The highest BCUT2D eigenvalue weighted by atomic mass is 32.2. The van der Waals surface area contributed by atoms with Crippen molar-refractivity contribution in [3.8, 4) is 6.07 Å². The van der Waals surface area contributed by atoms with E-state index < -0.39 is 0 Å². The number of thioether (sulfide) groups is 1. The van der Waals surface area contributed by atoms with Gasteiger partial charge in [-0.05, 0) is 6.26 Å². The van der Waals surface area contributed by atoms with Crippen LogP contribution in [0.1, 0.15) is 21.6 Å². The van der Waals surface area contributed by atoms with Crippen LogP contribution in [0.15, 0.2) is 5.03 Å². The predicted molar refractivity (Wildman–Crippen MR) is 48.6 cm³/mol. The van der Waals surface area contributed by atoms with Gasteiger partial charge in [-0.1, -0.05) is 11.3 Å². The molecule has 1 heterocycles. The number of hydrogen-bond donors (Lipinski definition) is 0. The molecule has 0 radical (unpaired) electrons. The molecule has 5 heteroatoms. The summed E-state index contributed by atoms with van der Waals surface area (Å²) in [6.07, 6.45) is 1.84. The number of thiazole rings is 1. The van der Waals surface area contributed by atoms with Crippen molar-refractivity contribution in [1.82, 2.24) is 4.98 Å². The monoisotopic (exact) mass is 198 g/mol. The van der Waals surface area contributed by atoms with E-state index in [0.29, 0.717) is 14.9 Å². The van der Waals surface area contributed by atoms with Gasteiger partial charge in [-0.25, -0.2) is 4.98 Å². The molecule has 0 fully saturated rings. The fraction of sp³-hybridized carbons (Fsp3) is 0.286. The number of nitriles is 1. The summed E-state index contributed by atoms with van der Waals surface area (Å²) in [7, 11) is 0. The average Bonchev–Trinajstić information content (AvgIpc) is 2.47. The summed E-state index contributed by atoms with van der Waals surface area (Å²) in [4.78, 5) is 15.6. The number of aromatic nitrogens is 1. The summed E-state index contributed by atoms with van der Waals surface area (Å²) < 4.78 is 0. The van der Waals surface area contributed by atoms with E-state index in [-0.39, 0.29) is 5.78 Å². The molecule has 0 aromatic carbocycles. The van der Waals surface area contributed by atoms with Crippen LogP contribution in [0.3, 0.4) is 0 Å². The molecule has 0 atom stereocenters. The zero-order valence-corrected chi connectivity index (χ0v) is 8.25. The molecule has 62 valence electrons. The van der Waals surface area contributed by atoms with Gasteiger partial charge in [-0.15, -0.1) is 11.8 Å². The first-order valence-corrected chi connectivity index (χ1v) is 5.19. The van der Waals surface area contributed by atoms with Gasteiger partial charge in [0.1, 0.15) is 16.0 Å². The Balaban J connectivity index is 3.19. The molecular formula is C7H6N2OS2.